The van der Waals surface area contributed by atoms with E-state index in [-0.39, 0.29) is 11.9 Å². The SMILES string of the molecule is COc1cc2c(cc1OC)N(CCN(C)C)C(=O)C(C)N2. The molecule has 2 rings (SSSR count). The van der Waals surface area contributed by atoms with Crippen LogP contribution in [0.3, 0.4) is 0 Å². The molecule has 0 radical (unpaired) electrons. The molecule has 0 bridgehead atoms. The number of likely N-dealkylation sites (N-methyl/N-ethyl adjacent to an activating group) is 1. The number of nitrogens with one attached hydrogen (secondary N) is 1. The summed E-state index contributed by atoms with van der Waals surface area (Å²) in [7, 11) is 7.18. The highest BCUT2D eigenvalue weighted by Crippen LogP contribution is 2.40. The molecular weight excluding hydrogens is 270 g/mol. The van der Waals surface area contributed by atoms with Gasteiger partial charge in [0.15, 0.2) is 11.5 Å². The van der Waals surface area contributed by atoms with Gasteiger partial charge in [-0.3, -0.25) is 4.79 Å². The number of hydrogen-bond acceptors (Lipinski definition) is 5. The molecule has 0 saturated carbocycles. The zero-order valence-corrected chi connectivity index (χ0v) is 13.3. The summed E-state index contributed by atoms with van der Waals surface area (Å²) in [6.45, 7) is 3.30. The number of benzene rings is 1. The molecule has 0 aromatic heterocycles. The van der Waals surface area contributed by atoms with Crippen molar-refractivity contribution < 1.29 is 14.3 Å². The van der Waals surface area contributed by atoms with Gasteiger partial charge in [-0.05, 0) is 21.0 Å². The second kappa shape index (κ2) is 6.22. The van der Waals surface area contributed by atoms with Crippen LogP contribution in [0.5, 0.6) is 11.5 Å². The third kappa shape index (κ3) is 3.05. The summed E-state index contributed by atoms with van der Waals surface area (Å²) in [5.74, 6) is 1.34. The van der Waals surface area contributed by atoms with Gasteiger partial charge in [-0.1, -0.05) is 0 Å². The first-order valence-electron chi connectivity index (χ1n) is 6.96. The number of nitrogens with zero attached hydrogens (tertiary/aromatic N) is 2. The normalized spacial score (nSPS) is 17.5. The highest BCUT2D eigenvalue weighted by Gasteiger charge is 2.30. The predicted octanol–water partition coefficient (Wildman–Crippen LogP) is 1.41. The molecule has 0 aliphatic carbocycles. The number of methoxy groups -OCH3 is 2. The Morgan fingerprint density at radius 3 is 2.43 bits per heavy atom. The van der Waals surface area contributed by atoms with Crippen LogP contribution >= 0.6 is 0 Å². The highest BCUT2D eigenvalue weighted by atomic mass is 16.5. The molecule has 1 aromatic rings. The zero-order valence-electron chi connectivity index (χ0n) is 13.3. The second-order valence-corrected chi connectivity index (χ2v) is 5.38. The number of carbonyl (C=O) groups excluding carboxylic acids is 1. The van der Waals surface area contributed by atoms with E-state index in [0.29, 0.717) is 18.0 Å². The summed E-state index contributed by atoms with van der Waals surface area (Å²) in [6.07, 6.45) is 0. The van der Waals surface area contributed by atoms with Gasteiger partial charge in [0.25, 0.3) is 0 Å². The van der Waals surface area contributed by atoms with Crippen molar-refractivity contribution in [3.05, 3.63) is 12.1 Å². The molecule has 6 heteroatoms. The molecular formula is C15H23N3O3. The Labute approximate surface area is 125 Å². The lowest BCUT2D eigenvalue weighted by atomic mass is 10.1. The quantitative estimate of drug-likeness (QED) is 0.889. The lowest BCUT2D eigenvalue weighted by Gasteiger charge is -2.35. The zero-order chi connectivity index (χ0) is 15.6. The van der Waals surface area contributed by atoms with Gasteiger partial charge in [-0.15, -0.1) is 0 Å². The van der Waals surface area contributed by atoms with Gasteiger partial charge in [-0.2, -0.15) is 0 Å². The molecule has 1 aliphatic rings. The van der Waals surface area contributed by atoms with Crippen molar-refractivity contribution in [1.29, 1.82) is 0 Å². The number of carbonyl (C=O) groups is 1. The van der Waals surface area contributed by atoms with E-state index < -0.39 is 0 Å². The standard InChI is InChI=1S/C15H23N3O3/c1-10-15(19)18(7-6-17(2)3)12-9-14(21-5)13(20-4)8-11(12)16-10/h8-10,16H,6-7H2,1-5H3. The Morgan fingerprint density at radius 1 is 1.24 bits per heavy atom. The molecule has 1 unspecified atom stereocenters. The molecule has 1 aromatic carbocycles. The van der Waals surface area contributed by atoms with Crippen LogP contribution in [0, 0.1) is 0 Å². The molecule has 1 amide bonds. The van der Waals surface area contributed by atoms with E-state index in [1.807, 2.05) is 33.2 Å². The van der Waals surface area contributed by atoms with Crippen molar-refractivity contribution in [2.24, 2.45) is 0 Å². The van der Waals surface area contributed by atoms with Crippen LogP contribution in [-0.2, 0) is 4.79 Å². The van der Waals surface area contributed by atoms with Crippen LogP contribution in [0.2, 0.25) is 0 Å². The lowest BCUT2D eigenvalue weighted by Crippen LogP contribution is -2.47. The average Bonchev–Trinajstić information content (AvgIpc) is 2.46. The Bertz CT molecular complexity index is 531. The Kier molecular flexibility index (Phi) is 4.57. The Hall–Kier alpha value is -1.95. The maximum Gasteiger partial charge on any atom is 0.249 e. The fourth-order valence-corrected chi connectivity index (χ4v) is 2.39. The Morgan fingerprint density at radius 2 is 1.86 bits per heavy atom. The van der Waals surface area contributed by atoms with E-state index in [1.165, 1.54) is 0 Å². The number of hydrogen-bond donors (Lipinski definition) is 1. The smallest absolute Gasteiger partial charge is 0.249 e. The third-order valence-electron chi connectivity index (χ3n) is 3.57. The average molecular weight is 293 g/mol. The van der Waals surface area contributed by atoms with E-state index in [9.17, 15) is 4.79 Å². The number of fused-ring (bicyclic) bond motifs is 1. The molecule has 0 saturated heterocycles. The van der Waals surface area contributed by atoms with Gasteiger partial charge in [0.05, 0.1) is 25.6 Å². The fourth-order valence-electron chi connectivity index (χ4n) is 2.39. The van der Waals surface area contributed by atoms with Crippen LogP contribution < -0.4 is 19.7 Å². The number of ether oxygens (including phenoxy) is 2. The third-order valence-corrected chi connectivity index (χ3v) is 3.57. The first-order chi connectivity index (χ1) is 9.97. The minimum absolute atomic E-state index is 0.0663. The molecule has 21 heavy (non-hydrogen) atoms. The molecule has 1 aliphatic heterocycles. The maximum atomic E-state index is 12.4. The minimum atomic E-state index is -0.252. The minimum Gasteiger partial charge on any atom is -0.493 e. The van der Waals surface area contributed by atoms with E-state index in [4.69, 9.17) is 9.47 Å². The van der Waals surface area contributed by atoms with Gasteiger partial charge < -0.3 is 24.6 Å². The van der Waals surface area contributed by atoms with E-state index in [0.717, 1.165) is 17.9 Å². The summed E-state index contributed by atoms with van der Waals surface area (Å²) in [5, 5.41) is 3.21. The molecule has 1 N–H and O–H groups in total. The fraction of sp³-hybridized carbons (Fsp3) is 0.533. The molecule has 0 fully saturated rings. The first kappa shape index (κ1) is 15.4. The van der Waals surface area contributed by atoms with Crippen LogP contribution in [0.4, 0.5) is 11.4 Å². The van der Waals surface area contributed by atoms with E-state index >= 15 is 0 Å². The van der Waals surface area contributed by atoms with Crippen molar-refractivity contribution in [1.82, 2.24) is 4.90 Å². The van der Waals surface area contributed by atoms with Gasteiger partial charge in [0.2, 0.25) is 5.91 Å². The van der Waals surface area contributed by atoms with Crippen molar-refractivity contribution in [3.8, 4) is 11.5 Å². The van der Waals surface area contributed by atoms with Crippen molar-refractivity contribution in [2.45, 2.75) is 13.0 Å². The Balaban J connectivity index is 2.42. The van der Waals surface area contributed by atoms with Crippen LogP contribution in [0.25, 0.3) is 0 Å². The summed E-state index contributed by atoms with van der Waals surface area (Å²) < 4.78 is 10.7. The monoisotopic (exact) mass is 293 g/mol. The van der Waals surface area contributed by atoms with Crippen LogP contribution in [-0.4, -0.2) is 58.3 Å². The van der Waals surface area contributed by atoms with E-state index in [1.54, 1.807) is 19.1 Å². The lowest BCUT2D eigenvalue weighted by molar-refractivity contribution is -0.119. The van der Waals surface area contributed by atoms with Crippen molar-refractivity contribution in [3.63, 3.8) is 0 Å². The largest absolute Gasteiger partial charge is 0.493 e. The summed E-state index contributed by atoms with van der Waals surface area (Å²) in [4.78, 5) is 16.3. The van der Waals surface area contributed by atoms with Gasteiger partial charge in [0.1, 0.15) is 6.04 Å². The van der Waals surface area contributed by atoms with Crippen LogP contribution in [0.15, 0.2) is 12.1 Å². The van der Waals surface area contributed by atoms with E-state index in [2.05, 4.69) is 10.2 Å². The molecule has 6 nitrogen and oxygen atoms in total. The highest BCUT2D eigenvalue weighted by molar-refractivity contribution is 6.05. The van der Waals surface area contributed by atoms with Gasteiger partial charge in [-0.25, -0.2) is 0 Å². The number of anilines is 2. The van der Waals surface area contributed by atoms with Gasteiger partial charge in [0, 0.05) is 25.2 Å². The first-order valence-corrected chi connectivity index (χ1v) is 6.96. The summed E-state index contributed by atoms with van der Waals surface area (Å²) >= 11 is 0. The van der Waals surface area contributed by atoms with Gasteiger partial charge >= 0.3 is 0 Å². The summed E-state index contributed by atoms with van der Waals surface area (Å²) in [5.41, 5.74) is 1.72. The molecule has 1 heterocycles. The van der Waals surface area contributed by atoms with Crippen molar-refractivity contribution in [2.75, 3.05) is 51.6 Å². The number of rotatable bonds is 5. The molecule has 0 spiro atoms. The molecule has 1 atom stereocenters. The maximum absolute atomic E-state index is 12.4. The predicted molar refractivity (Wildman–Crippen MR) is 83.5 cm³/mol. The number of amides is 1. The van der Waals surface area contributed by atoms with Crippen LogP contribution in [0.1, 0.15) is 6.92 Å². The topological polar surface area (TPSA) is 54.0 Å². The second-order valence-electron chi connectivity index (χ2n) is 5.38. The van der Waals surface area contributed by atoms with Crippen molar-refractivity contribution >= 4 is 17.3 Å². The molecule has 116 valence electrons. The summed E-state index contributed by atoms with van der Waals surface area (Å²) in [6, 6.07) is 3.47.